The molecule has 1 aliphatic carbocycles. The van der Waals surface area contributed by atoms with E-state index < -0.39 is 18.0 Å². The van der Waals surface area contributed by atoms with E-state index in [0.29, 0.717) is 5.92 Å². The van der Waals surface area contributed by atoms with Crippen LogP contribution in [0.3, 0.4) is 0 Å². The number of amides is 2. The van der Waals surface area contributed by atoms with Crippen LogP contribution in [0.2, 0.25) is 0 Å². The van der Waals surface area contributed by atoms with E-state index in [-0.39, 0.29) is 18.2 Å². The minimum Gasteiger partial charge on any atom is -0.508 e. The van der Waals surface area contributed by atoms with Crippen LogP contribution in [0.4, 0.5) is 4.79 Å². The number of hydrogen-bond acceptors (Lipinski definition) is 3. The first-order valence-corrected chi connectivity index (χ1v) is 7.01. The van der Waals surface area contributed by atoms with E-state index in [1.165, 1.54) is 12.1 Å². The number of carboxylic acids is 1. The van der Waals surface area contributed by atoms with Crippen molar-refractivity contribution in [3.05, 3.63) is 29.8 Å². The third kappa shape index (κ3) is 4.37. The Balaban J connectivity index is 1.88. The summed E-state index contributed by atoms with van der Waals surface area (Å²) in [6.45, 7) is 2.11. The molecular weight excluding hydrogens is 272 g/mol. The molecule has 2 rings (SSSR count). The number of phenolic OH excluding ortho intramolecular Hbond substituents is 1. The largest absolute Gasteiger partial charge is 0.508 e. The van der Waals surface area contributed by atoms with Gasteiger partial charge in [-0.25, -0.2) is 9.59 Å². The summed E-state index contributed by atoms with van der Waals surface area (Å²) in [7, 11) is 0. The fourth-order valence-electron chi connectivity index (χ4n) is 2.47. The molecule has 0 saturated heterocycles. The molecule has 114 valence electrons. The molecule has 4 N–H and O–H groups in total. The Kier molecular flexibility index (Phi) is 4.67. The highest BCUT2D eigenvalue weighted by atomic mass is 16.4. The maximum Gasteiger partial charge on any atom is 0.326 e. The van der Waals surface area contributed by atoms with Gasteiger partial charge >= 0.3 is 12.0 Å². The third-order valence-corrected chi connectivity index (χ3v) is 3.69. The van der Waals surface area contributed by atoms with Gasteiger partial charge in [-0.2, -0.15) is 0 Å². The van der Waals surface area contributed by atoms with Crippen molar-refractivity contribution in [2.75, 3.05) is 0 Å². The van der Waals surface area contributed by atoms with Gasteiger partial charge in [0.2, 0.25) is 0 Å². The van der Waals surface area contributed by atoms with Gasteiger partial charge in [0, 0.05) is 12.5 Å². The second kappa shape index (κ2) is 6.47. The Morgan fingerprint density at radius 3 is 2.43 bits per heavy atom. The zero-order valence-electron chi connectivity index (χ0n) is 11.9. The molecule has 0 radical (unpaired) electrons. The van der Waals surface area contributed by atoms with Crippen molar-refractivity contribution < 1.29 is 19.8 Å². The van der Waals surface area contributed by atoms with E-state index in [1.54, 1.807) is 12.1 Å². The summed E-state index contributed by atoms with van der Waals surface area (Å²) < 4.78 is 0. The summed E-state index contributed by atoms with van der Waals surface area (Å²) in [4.78, 5) is 23.0. The average Bonchev–Trinajstić information content (AvgIpc) is 2.38. The number of urea groups is 1. The molecule has 6 heteroatoms. The van der Waals surface area contributed by atoms with E-state index in [2.05, 4.69) is 17.6 Å². The van der Waals surface area contributed by atoms with Gasteiger partial charge in [0.1, 0.15) is 11.8 Å². The van der Waals surface area contributed by atoms with Gasteiger partial charge in [0.25, 0.3) is 0 Å². The van der Waals surface area contributed by atoms with Gasteiger partial charge in [-0.15, -0.1) is 0 Å². The second-order valence-electron chi connectivity index (χ2n) is 5.65. The lowest BCUT2D eigenvalue weighted by Crippen LogP contribution is -2.52. The SMILES string of the molecule is CC1CC(NC(=O)N[C@H](Cc2ccc(O)cc2)C(=O)O)C1. The molecule has 1 aromatic rings. The van der Waals surface area contributed by atoms with E-state index >= 15 is 0 Å². The van der Waals surface area contributed by atoms with E-state index in [0.717, 1.165) is 18.4 Å². The van der Waals surface area contributed by atoms with Crippen LogP contribution in [0.15, 0.2) is 24.3 Å². The highest BCUT2D eigenvalue weighted by molar-refractivity contribution is 5.82. The number of carbonyl (C=O) groups excluding carboxylic acids is 1. The maximum absolute atomic E-state index is 11.8. The molecule has 1 saturated carbocycles. The highest BCUT2D eigenvalue weighted by Crippen LogP contribution is 2.26. The number of carbonyl (C=O) groups is 2. The van der Waals surface area contributed by atoms with Gasteiger partial charge in [0.15, 0.2) is 0 Å². The minimum absolute atomic E-state index is 0.121. The second-order valence-corrected chi connectivity index (χ2v) is 5.65. The molecule has 0 unspecified atom stereocenters. The topological polar surface area (TPSA) is 98.7 Å². The lowest BCUT2D eigenvalue weighted by atomic mass is 9.82. The van der Waals surface area contributed by atoms with Crippen LogP contribution in [-0.2, 0) is 11.2 Å². The minimum atomic E-state index is -1.08. The first-order chi connectivity index (χ1) is 9.94. The summed E-state index contributed by atoms with van der Waals surface area (Å²) in [5.41, 5.74) is 0.734. The van der Waals surface area contributed by atoms with Gasteiger partial charge in [0.05, 0.1) is 0 Å². The first-order valence-electron chi connectivity index (χ1n) is 7.01. The molecule has 0 heterocycles. The number of phenols is 1. The van der Waals surface area contributed by atoms with Crippen molar-refractivity contribution in [3.63, 3.8) is 0 Å². The quantitative estimate of drug-likeness (QED) is 0.660. The van der Waals surface area contributed by atoms with Crippen molar-refractivity contribution in [2.45, 2.75) is 38.3 Å². The molecule has 21 heavy (non-hydrogen) atoms. The molecule has 0 aromatic heterocycles. The fourth-order valence-corrected chi connectivity index (χ4v) is 2.47. The van der Waals surface area contributed by atoms with E-state index in [9.17, 15) is 19.8 Å². The Morgan fingerprint density at radius 1 is 1.29 bits per heavy atom. The molecule has 2 amide bonds. The number of aromatic hydroxyl groups is 1. The van der Waals surface area contributed by atoms with Crippen LogP contribution >= 0.6 is 0 Å². The zero-order chi connectivity index (χ0) is 15.4. The zero-order valence-corrected chi connectivity index (χ0v) is 11.9. The molecule has 0 spiro atoms. The Morgan fingerprint density at radius 2 is 1.90 bits per heavy atom. The first kappa shape index (κ1) is 15.2. The van der Waals surface area contributed by atoms with Crippen molar-refractivity contribution in [3.8, 4) is 5.75 Å². The van der Waals surface area contributed by atoms with Crippen molar-refractivity contribution >= 4 is 12.0 Å². The van der Waals surface area contributed by atoms with Crippen molar-refractivity contribution in [1.29, 1.82) is 0 Å². The number of nitrogens with one attached hydrogen (secondary N) is 2. The summed E-state index contributed by atoms with van der Waals surface area (Å²) in [6, 6.07) is 4.96. The third-order valence-electron chi connectivity index (χ3n) is 3.69. The van der Waals surface area contributed by atoms with Crippen LogP contribution in [0.25, 0.3) is 0 Å². The summed E-state index contributed by atoms with van der Waals surface area (Å²) in [5.74, 6) is -0.349. The number of hydrogen-bond donors (Lipinski definition) is 4. The van der Waals surface area contributed by atoms with Crippen LogP contribution in [0, 0.1) is 5.92 Å². The standard InChI is InChI=1S/C15H20N2O4/c1-9-6-11(7-9)16-15(21)17-13(14(19)20)8-10-2-4-12(18)5-3-10/h2-5,9,11,13,18H,6-8H2,1H3,(H,19,20)(H2,16,17,21)/t9?,11?,13-/m1/s1. The van der Waals surface area contributed by atoms with Crippen LogP contribution in [0.5, 0.6) is 5.75 Å². The predicted octanol–water partition coefficient (Wildman–Crippen LogP) is 1.49. The average molecular weight is 292 g/mol. The predicted molar refractivity (Wildman–Crippen MR) is 77.1 cm³/mol. The summed E-state index contributed by atoms with van der Waals surface area (Å²) >= 11 is 0. The molecular formula is C15H20N2O4. The van der Waals surface area contributed by atoms with E-state index in [1.807, 2.05) is 0 Å². The Bertz CT molecular complexity index is 509. The monoisotopic (exact) mass is 292 g/mol. The van der Waals surface area contributed by atoms with Crippen LogP contribution in [0.1, 0.15) is 25.3 Å². The van der Waals surface area contributed by atoms with Gasteiger partial charge in [-0.3, -0.25) is 0 Å². The van der Waals surface area contributed by atoms with Gasteiger partial charge in [-0.05, 0) is 36.5 Å². The smallest absolute Gasteiger partial charge is 0.326 e. The van der Waals surface area contributed by atoms with Gasteiger partial charge < -0.3 is 20.8 Å². The fraction of sp³-hybridized carbons (Fsp3) is 0.467. The lowest BCUT2D eigenvalue weighted by molar-refractivity contribution is -0.139. The summed E-state index contributed by atoms with van der Waals surface area (Å²) in [5, 5.41) is 23.7. The number of aliphatic carboxylic acids is 1. The molecule has 6 nitrogen and oxygen atoms in total. The van der Waals surface area contributed by atoms with E-state index in [4.69, 9.17) is 0 Å². The highest BCUT2D eigenvalue weighted by Gasteiger charge is 2.28. The van der Waals surface area contributed by atoms with Gasteiger partial charge in [-0.1, -0.05) is 19.1 Å². The van der Waals surface area contributed by atoms with Crippen molar-refractivity contribution in [1.82, 2.24) is 10.6 Å². The van der Waals surface area contributed by atoms with Crippen LogP contribution in [-0.4, -0.2) is 34.3 Å². The van der Waals surface area contributed by atoms with Crippen molar-refractivity contribution in [2.24, 2.45) is 5.92 Å². The molecule has 1 aromatic carbocycles. The maximum atomic E-state index is 11.8. The normalized spacial score (nSPS) is 22.0. The number of carboxylic acid groups (broad SMARTS) is 1. The Labute approximate surface area is 123 Å². The Hall–Kier alpha value is -2.24. The molecule has 0 aliphatic heterocycles. The number of rotatable bonds is 5. The molecule has 1 fully saturated rings. The molecule has 1 atom stereocenters. The molecule has 0 bridgehead atoms. The van der Waals surface area contributed by atoms with Crippen LogP contribution < -0.4 is 10.6 Å². The summed E-state index contributed by atoms with van der Waals surface area (Å²) in [6.07, 6.45) is 2.04. The number of benzene rings is 1. The lowest BCUT2D eigenvalue weighted by Gasteiger charge is -2.33. The molecule has 1 aliphatic rings.